The van der Waals surface area contributed by atoms with E-state index in [9.17, 15) is 10.1 Å². The second-order valence-electron chi connectivity index (χ2n) is 11.8. The first-order chi connectivity index (χ1) is 19.6. The third kappa shape index (κ3) is 7.96. The molecule has 3 aromatic heterocycles. The van der Waals surface area contributed by atoms with Crippen LogP contribution in [0.3, 0.4) is 0 Å². The minimum Gasteiger partial charge on any atom is -0.492 e. The molecule has 1 fully saturated rings. The number of aromatic nitrogens is 3. The Morgan fingerprint density at radius 3 is 2.71 bits per heavy atom. The molecule has 3 heterocycles. The SMILES string of the molecule is CCOc1cc(-c2ccc(C3CC[C@@H](CNC(=O)OC(C)(C)C)[C@H](OCCN(C)C)C3)nc2)c2c(C#N)cnn2c1. The number of likely N-dealkylation sites (N-methyl/N-ethyl adjacent to an activating group) is 1. The van der Waals surface area contributed by atoms with Gasteiger partial charge in [-0.25, -0.2) is 9.31 Å². The van der Waals surface area contributed by atoms with Crippen molar-refractivity contribution in [1.82, 2.24) is 24.8 Å². The maximum absolute atomic E-state index is 12.3. The highest BCUT2D eigenvalue weighted by molar-refractivity contribution is 5.85. The van der Waals surface area contributed by atoms with E-state index in [0.717, 1.165) is 48.1 Å². The number of pyridine rings is 2. The third-order valence-electron chi connectivity index (χ3n) is 7.24. The first kappa shape index (κ1) is 30.3. The Morgan fingerprint density at radius 2 is 2.05 bits per heavy atom. The number of nitriles is 1. The van der Waals surface area contributed by atoms with E-state index in [-0.39, 0.29) is 17.9 Å². The van der Waals surface area contributed by atoms with Crippen molar-refractivity contribution in [2.75, 3.05) is 40.4 Å². The van der Waals surface area contributed by atoms with E-state index in [2.05, 4.69) is 33.5 Å². The number of rotatable bonds is 10. The highest BCUT2D eigenvalue weighted by Crippen LogP contribution is 2.38. The van der Waals surface area contributed by atoms with Gasteiger partial charge < -0.3 is 24.4 Å². The fourth-order valence-electron chi connectivity index (χ4n) is 5.26. The topological polar surface area (TPSA) is 114 Å². The Hall–Kier alpha value is -3.68. The number of ether oxygens (including phenoxy) is 3. The Labute approximate surface area is 242 Å². The summed E-state index contributed by atoms with van der Waals surface area (Å²) in [5, 5.41) is 16.9. The Kier molecular flexibility index (Phi) is 9.84. The molecule has 0 saturated heterocycles. The van der Waals surface area contributed by atoms with Gasteiger partial charge in [0.2, 0.25) is 0 Å². The van der Waals surface area contributed by atoms with Crippen LogP contribution in [-0.4, -0.2) is 77.7 Å². The number of hydrogen-bond acceptors (Lipinski definition) is 8. The van der Waals surface area contributed by atoms with Crippen molar-refractivity contribution < 1.29 is 19.0 Å². The molecule has 0 aromatic carbocycles. The average Bonchev–Trinajstić information content (AvgIpc) is 3.34. The van der Waals surface area contributed by atoms with E-state index in [1.165, 1.54) is 0 Å². The number of carbonyl (C=O) groups is 1. The molecule has 0 bridgehead atoms. The molecule has 4 rings (SSSR count). The van der Waals surface area contributed by atoms with Crippen molar-refractivity contribution in [3.63, 3.8) is 0 Å². The van der Waals surface area contributed by atoms with Crippen LogP contribution in [-0.2, 0) is 9.47 Å². The molecule has 3 atom stereocenters. The normalized spacial score (nSPS) is 19.2. The summed E-state index contributed by atoms with van der Waals surface area (Å²) in [5.74, 6) is 1.12. The summed E-state index contributed by atoms with van der Waals surface area (Å²) >= 11 is 0. The number of nitrogens with zero attached hydrogens (tertiary/aromatic N) is 5. The summed E-state index contributed by atoms with van der Waals surface area (Å²) < 4.78 is 19.2. The van der Waals surface area contributed by atoms with Crippen LogP contribution in [0.15, 0.2) is 36.8 Å². The van der Waals surface area contributed by atoms with Gasteiger partial charge in [-0.3, -0.25) is 4.98 Å². The molecule has 0 spiro atoms. The predicted octanol–water partition coefficient (Wildman–Crippen LogP) is 5.02. The molecule has 1 saturated carbocycles. The summed E-state index contributed by atoms with van der Waals surface area (Å²) in [7, 11) is 4.06. The Bertz CT molecular complexity index is 1360. The van der Waals surface area contributed by atoms with Crippen molar-refractivity contribution in [1.29, 1.82) is 5.26 Å². The lowest BCUT2D eigenvalue weighted by Crippen LogP contribution is -2.42. The Balaban J connectivity index is 1.51. The zero-order chi connectivity index (χ0) is 29.6. The molecule has 41 heavy (non-hydrogen) atoms. The van der Waals surface area contributed by atoms with Crippen molar-refractivity contribution >= 4 is 11.6 Å². The maximum atomic E-state index is 12.3. The summed E-state index contributed by atoms with van der Waals surface area (Å²) in [4.78, 5) is 19.3. The van der Waals surface area contributed by atoms with Crippen LogP contribution < -0.4 is 10.1 Å². The average molecular weight is 563 g/mol. The first-order valence-corrected chi connectivity index (χ1v) is 14.3. The highest BCUT2D eigenvalue weighted by atomic mass is 16.6. The summed E-state index contributed by atoms with van der Waals surface area (Å²) in [6.45, 7) is 10.0. The fraction of sp³-hybridized carbons (Fsp3) is 0.548. The van der Waals surface area contributed by atoms with Gasteiger partial charge >= 0.3 is 6.09 Å². The van der Waals surface area contributed by atoms with E-state index >= 15 is 0 Å². The quantitative estimate of drug-likeness (QED) is 0.366. The number of amides is 1. The van der Waals surface area contributed by atoms with Crippen LogP contribution >= 0.6 is 0 Å². The molecule has 3 aromatic rings. The molecule has 10 nitrogen and oxygen atoms in total. The maximum Gasteiger partial charge on any atom is 0.407 e. The van der Waals surface area contributed by atoms with Crippen LogP contribution in [0, 0.1) is 17.2 Å². The zero-order valence-electron chi connectivity index (χ0n) is 25.0. The van der Waals surface area contributed by atoms with Gasteiger partial charge in [0.1, 0.15) is 17.4 Å². The van der Waals surface area contributed by atoms with Gasteiger partial charge in [0.25, 0.3) is 0 Å². The lowest BCUT2D eigenvalue weighted by atomic mass is 9.78. The van der Waals surface area contributed by atoms with Crippen molar-refractivity contribution in [2.24, 2.45) is 5.92 Å². The lowest BCUT2D eigenvalue weighted by Gasteiger charge is -2.36. The minimum atomic E-state index is -0.536. The van der Waals surface area contributed by atoms with Gasteiger partial charge in [-0.05, 0) is 73.2 Å². The van der Waals surface area contributed by atoms with Gasteiger partial charge in [-0.1, -0.05) is 6.07 Å². The number of alkyl carbamates (subject to hydrolysis) is 1. The number of hydrogen-bond donors (Lipinski definition) is 1. The van der Waals surface area contributed by atoms with Crippen molar-refractivity contribution in [2.45, 2.75) is 64.6 Å². The zero-order valence-corrected chi connectivity index (χ0v) is 25.0. The molecule has 10 heteroatoms. The second kappa shape index (κ2) is 13.3. The van der Waals surface area contributed by atoms with Crippen LogP contribution in [0.2, 0.25) is 0 Å². The number of fused-ring (bicyclic) bond motifs is 1. The molecule has 1 unspecified atom stereocenters. The lowest BCUT2D eigenvalue weighted by molar-refractivity contribution is -0.0218. The highest BCUT2D eigenvalue weighted by Gasteiger charge is 2.33. The molecule has 1 aliphatic carbocycles. The summed E-state index contributed by atoms with van der Waals surface area (Å²) in [6.07, 6.45) is 7.52. The van der Waals surface area contributed by atoms with E-state index in [4.69, 9.17) is 19.2 Å². The molecular weight excluding hydrogens is 520 g/mol. The van der Waals surface area contributed by atoms with Gasteiger partial charge in [-0.15, -0.1) is 0 Å². The van der Waals surface area contributed by atoms with Crippen LogP contribution in [0.4, 0.5) is 4.79 Å². The minimum absolute atomic E-state index is 0.00223. The van der Waals surface area contributed by atoms with Gasteiger partial charge in [0, 0.05) is 47.9 Å². The van der Waals surface area contributed by atoms with E-state index in [1.807, 2.05) is 54.1 Å². The second-order valence-corrected chi connectivity index (χ2v) is 11.8. The molecule has 0 radical (unpaired) electrons. The van der Waals surface area contributed by atoms with E-state index < -0.39 is 11.7 Å². The summed E-state index contributed by atoms with van der Waals surface area (Å²) in [5.41, 5.74) is 3.46. The van der Waals surface area contributed by atoms with E-state index in [1.54, 1.807) is 16.9 Å². The van der Waals surface area contributed by atoms with Gasteiger partial charge in [-0.2, -0.15) is 10.4 Å². The molecule has 0 aliphatic heterocycles. The fourth-order valence-corrected chi connectivity index (χ4v) is 5.26. The number of carbonyl (C=O) groups excluding carboxylic acids is 1. The largest absolute Gasteiger partial charge is 0.492 e. The van der Waals surface area contributed by atoms with Gasteiger partial charge in [0.05, 0.1) is 42.8 Å². The van der Waals surface area contributed by atoms with Crippen LogP contribution in [0.5, 0.6) is 5.75 Å². The monoisotopic (exact) mass is 562 g/mol. The predicted molar refractivity (Wildman–Crippen MR) is 157 cm³/mol. The smallest absolute Gasteiger partial charge is 0.407 e. The van der Waals surface area contributed by atoms with Crippen LogP contribution in [0.1, 0.15) is 64.1 Å². The third-order valence-corrected chi connectivity index (χ3v) is 7.24. The molecule has 220 valence electrons. The standard InChI is InChI=1S/C31H42N6O4/c1-7-39-25-15-26(29-24(16-32)19-35-37(29)20-25)22-10-11-27(33-17-22)21-8-9-23(18-34-30(38)41-31(2,3)4)28(14-21)40-13-12-36(5)6/h10-11,15,17,19-21,23,28H,7-9,12-14,18H2,1-6H3,(H,34,38)/t21?,23-,28+/m0/s1. The first-order valence-electron chi connectivity index (χ1n) is 14.3. The molecular formula is C31H42N6O4. The van der Waals surface area contributed by atoms with Crippen LogP contribution in [0.25, 0.3) is 16.6 Å². The molecule has 1 aliphatic rings. The number of nitrogens with one attached hydrogen (secondary N) is 1. The van der Waals surface area contributed by atoms with Crippen molar-refractivity contribution in [3.05, 3.63) is 48.0 Å². The summed E-state index contributed by atoms with van der Waals surface area (Å²) in [6, 6.07) is 8.31. The van der Waals surface area contributed by atoms with Gasteiger partial charge in [0.15, 0.2) is 0 Å². The molecule has 1 N–H and O–H groups in total. The molecule has 1 amide bonds. The van der Waals surface area contributed by atoms with Crippen molar-refractivity contribution in [3.8, 4) is 22.9 Å². The van der Waals surface area contributed by atoms with E-state index in [0.29, 0.717) is 31.1 Å². The Morgan fingerprint density at radius 1 is 1.24 bits per heavy atom.